The summed E-state index contributed by atoms with van der Waals surface area (Å²) in [5, 5.41) is 16.6. The third-order valence-electron chi connectivity index (χ3n) is 4.48. The number of hydrogen-bond acceptors (Lipinski definition) is 7. The lowest BCUT2D eigenvalue weighted by Gasteiger charge is -2.17. The van der Waals surface area contributed by atoms with Crippen LogP contribution in [0.25, 0.3) is 11.3 Å². The highest BCUT2D eigenvalue weighted by Crippen LogP contribution is 2.44. The second kappa shape index (κ2) is 6.79. The fourth-order valence-corrected chi connectivity index (χ4v) is 3.97. The number of thiazole rings is 1. The summed E-state index contributed by atoms with van der Waals surface area (Å²) in [5.74, 6) is 1.51. The van der Waals surface area contributed by atoms with Gasteiger partial charge in [-0.1, -0.05) is 0 Å². The van der Waals surface area contributed by atoms with Crippen LogP contribution in [-0.4, -0.2) is 22.6 Å². The van der Waals surface area contributed by atoms with E-state index in [1.165, 1.54) is 23.5 Å². The Bertz CT molecular complexity index is 1040. The summed E-state index contributed by atoms with van der Waals surface area (Å²) < 4.78 is 11.5. The molecule has 28 heavy (non-hydrogen) atoms. The smallest absolute Gasteiger partial charge is 0.269 e. The lowest BCUT2D eigenvalue weighted by molar-refractivity contribution is -0.384. The van der Waals surface area contributed by atoms with Gasteiger partial charge in [0.2, 0.25) is 0 Å². The van der Waals surface area contributed by atoms with E-state index in [0.29, 0.717) is 10.9 Å². The highest BCUT2D eigenvalue weighted by Gasteiger charge is 2.33. The largest absolute Gasteiger partial charge is 0.493 e. The van der Waals surface area contributed by atoms with E-state index in [4.69, 9.17) is 9.47 Å². The van der Waals surface area contributed by atoms with Crippen molar-refractivity contribution >= 4 is 27.8 Å². The molecule has 2 heterocycles. The van der Waals surface area contributed by atoms with Crippen LogP contribution in [0.3, 0.4) is 0 Å². The molecule has 1 aliphatic rings. The molecule has 4 rings (SSSR count). The summed E-state index contributed by atoms with van der Waals surface area (Å²) >= 11 is 1.47. The molecule has 0 aliphatic carbocycles. The number of nitro benzene ring substituents is 1. The number of rotatable bonds is 5. The number of methoxy groups -OCH3 is 1. The molecule has 7 nitrogen and oxygen atoms in total. The minimum absolute atomic E-state index is 0.0563. The van der Waals surface area contributed by atoms with Gasteiger partial charge < -0.3 is 14.8 Å². The van der Waals surface area contributed by atoms with Crippen LogP contribution in [0.5, 0.6) is 11.5 Å². The molecule has 0 amide bonds. The Hall–Kier alpha value is -3.13. The van der Waals surface area contributed by atoms with Crippen LogP contribution in [0.15, 0.2) is 41.8 Å². The predicted octanol–water partition coefficient (Wildman–Crippen LogP) is 5.18. The van der Waals surface area contributed by atoms with Gasteiger partial charge in [-0.2, -0.15) is 0 Å². The molecule has 0 spiro atoms. The lowest BCUT2D eigenvalue weighted by Crippen LogP contribution is -2.24. The van der Waals surface area contributed by atoms with Crippen molar-refractivity contribution in [3.05, 3.63) is 57.5 Å². The maximum atomic E-state index is 10.8. The molecular weight excluding hydrogens is 378 g/mol. The van der Waals surface area contributed by atoms with Gasteiger partial charge in [-0.25, -0.2) is 4.98 Å². The number of nitro groups is 1. The van der Waals surface area contributed by atoms with E-state index in [-0.39, 0.29) is 11.3 Å². The van der Waals surface area contributed by atoms with Crippen LogP contribution < -0.4 is 14.8 Å². The fourth-order valence-electron chi connectivity index (χ4n) is 3.23. The molecule has 3 aromatic rings. The van der Waals surface area contributed by atoms with Gasteiger partial charge in [-0.05, 0) is 38.1 Å². The average molecular weight is 397 g/mol. The molecule has 0 fully saturated rings. The van der Waals surface area contributed by atoms with Crippen molar-refractivity contribution in [3.63, 3.8) is 0 Å². The summed E-state index contributed by atoms with van der Waals surface area (Å²) in [6.07, 6.45) is 0.810. The van der Waals surface area contributed by atoms with E-state index in [1.54, 1.807) is 19.2 Å². The molecule has 0 saturated heterocycles. The number of ether oxygens (including phenoxy) is 2. The second-order valence-corrected chi connectivity index (χ2v) is 8.03. The van der Waals surface area contributed by atoms with E-state index in [2.05, 4.69) is 30.2 Å². The first-order valence-electron chi connectivity index (χ1n) is 8.72. The van der Waals surface area contributed by atoms with Crippen molar-refractivity contribution < 1.29 is 14.4 Å². The van der Waals surface area contributed by atoms with E-state index in [9.17, 15) is 10.1 Å². The van der Waals surface area contributed by atoms with Gasteiger partial charge in [0.05, 0.1) is 17.7 Å². The Morgan fingerprint density at radius 1 is 1.29 bits per heavy atom. The molecule has 0 unspecified atom stereocenters. The van der Waals surface area contributed by atoms with Crippen molar-refractivity contribution in [2.45, 2.75) is 25.9 Å². The van der Waals surface area contributed by atoms with Gasteiger partial charge in [-0.15, -0.1) is 11.3 Å². The molecule has 0 atom stereocenters. The number of benzene rings is 2. The summed E-state index contributed by atoms with van der Waals surface area (Å²) in [6.45, 7) is 4.11. The van der Waals surface area contributed by atoms with Gasteiger partial charge in [0.1, 0.15) is 5.60 Å². The van der Waals surface area contributed by atoms with E-state index in [0.717, 1.165) is 34.7 Å². The fraction of sp³-hybridized carbons (Fsp3) is 0.250. The van der Waals surface area contributed by atoms with Gasteiger partial charge in [0.15, 0.2) is 16.6 Å². The molecule has 144 valence electrons. The first-order chi connectivity index (χ1) is 13.3. The zero-order valence-corrected chi connectivity index (χ0v) is 16.5. The molecular formula is C20H19N3O4S. The molecule has 1 aromatic heterocycles. The second-order valence-electron chi connectivity index (χ2n) is 7.17. The molecule has 8 heteroatoms. The van der Waals surface area contributed by atoms with Crippen LogP contribution in [0.1, 0.15) is 19.4 Å². The molecule has 2 aromatic carbocycles. The molecule has 1 aliphatic heterocycles. The number of anilines is 2. The Kier molecular flexibility index (Phi) is 4.43. The summed E-state index contributed by atoms with van der Waals surface area (Å²) in [4.78, 5) is 15.0. The highest BCUT2D eigenvalue weighted by atomic mass is 32.1. The van der Waals surface area contributed by atoms with Crippen LogP contribution in [0.4, 0.5) is 16.5 Å². The van der Waals surface area contributed by atoms with E-state index in [1.807, 2.05) is 11.4 Å². The monoisotopic (exact) mass is 397 g/mol. The number of nitrogens with zero attached hydrogens (tertiary/aromatic N) is 2. The van der Waals surface area contributed by atoms with Crippen LogP contribution in [0, 0.1) is 10.1 Å². The Balaban J connectivity index is 1.59. The normalized spacial score (nSPS) is 14.2. The summed E-state index contributed by atoms with van der Waals surface area (Å²) in [5.41, 5.74) is 3.45. The predicted molar refractivity (Wildman–Crippen MR) is 109 cm³/mol. The van der Waals surface area contributed by atoms with E-state index < -0.39 is 4.92 Å². The zero-order chi connectivity index (χ0) is 19.9. The molecule has 1 N–H and O–H groups in total. The Morgan fingerprint density at radius 2 is 2.04 bits per heavy atom. The minimum Gasteiger partial charge on any atom is -0.493 e. The van der Waals surface area contributed by atoms with Gasteiger partial charge in [0, 0.05) is 40.7 Å². The zero-order valence-electron chi connectivity index (χ0n) is 15.7. The topological polar surface area (TPSA) is 86.5 Å². The number of aromatic nitrogens is 1. The average Bonchev–Trinajstić information content (AvgIpc) is 3.23. The highest BCUT2D eigenvalue weighted by molar-refractivity contribution is 7.14. The van der Waals surface area contributed by atoms with Crippen molar-refractivity contribution in [1.29, 1.82) is 0 Å². The third-order valence-corrected chi connectivity index (χ3v) is 5.23. The van der Waals surface area contributed by atoms with E-state index >= 15 is 0 Å². The number of fused-ring (bicyclic) bond motifs is 1. The maximum absolute atomic E-state index is 10.8. The van der Waals surface area contributed by atoms with Gasteiger partial charge in [-0.3, -0.25) is 10.1 Å². The summed E-state index contributed by atoms with van der Waals surface area (Å²) in [6, 6.07) is 10.3. The van der Waals surface area contributed by atoms with Gasteiger partial charge >= 0.3 is 0 Å². The van der Waals surface area contributed by atoms with Gasteiger partial charge in [0.25, 0.3) is 5.69 Å². The van der Waals surface area contributed by atoms with Crippen LogP contribution in [-0.2, 0) is 6.42 Å². The molecule has 0 bridgehead atoms. The summed E-state index contributed by atoms with van der Waals surface area (Å²) in [7, 11) is 1.64. The van der Waals surface area contributed by atoms with Crippen molar-refractivity contribution in [3.8, 4) is 22.8 Å². The van der Waals surface area contributed by atoms with Crippen LogP contribution >= 0.6 is 11.3 Å². The van der Waals surface area contributed by atoms with Crippen molar-refractivity contribution in [1.82, 2.24) is 4.98 Å². The van der Waals surface area contributed by atoms with Crippen molar-refractivity contribution in [2.24, 2.45) is 0 Å². The third kappa shape index (κ3) is 3.50. The lowest BCUT2D eigenvalue weighted by atomic mass is 9.99. The van der Waals surface area contributed by atoms with Crippen molar-refractivity contribution in [2.75, 3.05) is 12.4 Å². The number of hydrogen-bond donors (Lipinski definition) is 1. The molecule has 0 saturated carbocycles. The first kappa shape index (κ1) is 18.2. The standard InChI is InChI=1S/C20H19N3O4S/c1-20(2)10-13-8-12(9-17(26-3)18(13)27-20)16-11-28-19(22-16)21-14-4-6-15(7-5-14)23(24)25/h4-9,11H,10H2,1-3H3,(H,21,22). The number of nitrogens with one attached hydrogen (secondary N) is 1. The minimum atomic E-state index is -0.419. The molecule has 0 radical (unpaired) electrons. The van der Waals surface area contributed by atoms with Crippen LogP contribution in [0.2, 0.25) is 0 Å². The Labute approximate surface area is 166 Å². The number of non-ortho nitro benzene ring substituents is 1. The quantitative estimate of drug-likeness (QED) is 0.471. The maximum Gasteiger partial charge on any atom is 0.269 e. The SMILES string of the molecule is COc1cc(-c2csc(Nc3ccc([N+](=O)[O-])cc3)n2)cc2c1OC(C)(C)C2. The Morgan fingerprint density at radius 3 is 2.71 bits per heavy atom. The first-order valence-corrected chi connectivity index (χ1v) is 9.60.